The van der Waals surface area contributed by atoms with Gasteiger partial charge >= 0.3 is 0 Å². The maximum Gasteiger partial charge on any atom is 0.264 e. The molecule has 0 aliphatic carbocycles. The van der Waals surface area contributed by atoms with Gasteiger partial charge in [-0.2, -0.15) is 0 Å². The monoisotopic (exact) mass is 327 g/mol. The van der Waals surface area contributed by atoms with Crippen molar-refractivity contribution in [3.8, 4) is 5.75 Å². The summed E-state index contributed by atoms with van der Waals surface area (Å²) in [6.45, 7) is 8.46. The van der Waals surface area contributed by atoms with Crippen LogP contribution >= 0.6 is 0 Å². The molecular weight excluding hydrogens is 302 g/mol. The van der Waals surface area contributed by atoms with E-state index in [1.165, 1.54) is 12.1 Å². The number of hydrogen-bond donors (Lipinski definition) is 1. The molecule has 0 unspecified atom stereocenters. The minimum absolute atomic E-state index is 0.0563. The highest BCUT2D eigenvalue weighted by Gasteiger charge is 2.19. The van der Waals surface area contributed by atoms with E-state index in [9.17, 15) is 13.2 Å². The molecule has 1 atom stereocenters. The van der Waals surface area contributed by atoms with Gasteiger partial charge in [-0.05, 0) is 49.4 Å². The van der Waals surface area contributed by atoms with E-state index in [-0.39, 0.29) is 17.2 Å². The second-order valence-corrected chi connectivity index (χ2v) is 7.55. The molecule has 0 aliphatic rings. The minimum atomic E-state index is -3.82. The fourth-order valence-electron chi connectivity index (χ4n) is 2.34. The van der Waals surface area contributed by atoms with Crippen LogP contribution in [0.4, 0.5) is 0 Å². The van der Waals surface area contributed by atoms with Crippen LogP contribution in [0.1, 0.15) is 40.5 Å². The van der Waals surface area contributed by atoms with Gasteiger partial charge in [0.1, 0.15) is 5.75 Å². The van der Waals surface area contributed by atoms with E-state index >= 15 is 0 Å². The number of amides is 1. The van der Waals surface area contributed by atoms with Crippen molar-refractivity contribution >= 4 is 15.9 Å². The highest BCUT2D eigenvalue weighted by molar-refractivity contribution is 7.90. The molecule has 1 amide bonds. The van der Waals surface area contributed by atoms with Gasteiger partial charge in [-0.3, -0.25) is 4.79 Å². The normalized spacial score (nSPS) is 13.0. The summed E-state index contributed by atoms with van der Waals surface area (Å²) in [5.41, 5.74) is 0. The Labute approximate surface area is 133 Å². The Morgan fingerprint density at radius 3 is 2.27 bits per heavy atom. The summed E-state index contributed by atoms with van der Waals surface area (Å²) in [4.78, 5) is 11.9. The lowest BCUT2D eigenvalue weighted by molar-refractivity contribution is -0.120. The first-order chi connectivity index (χ1) is 10.2. The quantitative estimate of drug-likeness (QED) is 0.797. The molecule has 0 fully saturated rings. The Bertz CT molecular complexity index is 579. The van der Waals surface area contributed by atoms with E-state index in [1.54, 1.807) is 12.1 Å². The molecule has 0 heterocycles. The number of carbonyl (C=O) groups is 1. The van der Waals surface area contributed by atoms with E-state index in [1.807, 2.05) is 13.8 Å². The summed E-state index contributed by atoms with van der Waals surface area (Å²) in [6, 6.07) is 6.00. The molecular formula is C16H25NO4S. The van der Waals surface area contributed by atoms with Crippen LogP contribution in [0.5, 0.6) is 5.75 Å². The molecule has 6 heteroatoms. The zero-order valence-corrected chi connectivity index (χ0v) is 14.4. The van der Waals surface area contributed by atoms with Gasteiger partial charge in [0.15, 0.2) is 0 Å². The molecule has 1 aromatic carbocycles. The smallest absolute Gasteiger partial charge is 0.264 e. The molecule has 0 spiro atoms. The third-order valence-electron chi connectivity index (χ3n) is 3.10. The predicted molar refractivity (Wildman–Crippen MR) is 86.2 cm³/mol. The van der Waals surface area contributed by atoms with Crippen LogP contribution in [0.15, 0.2) is 29.2 Å². The minimum Gasteiger partial charge on any atom is -0.494 e. The van der Waals surface area contributed by atoms with Gasteiger partial charge in [-0.15, -0.1) is 0 Å². The molecule has 0 saturated carbocycles. The Balaban J connectivity index is 2.68. The summed E-state index contributed by atoms with van der Waals surface area (Å²) in [5, 5.41) is 0. The van der Waals surface area contributed by atoms with Crippen molar-refractivity contribution in [1.82, 2.24) is 4.72 Å². The first-order valence-corrected chi connectivity index (χ1v) is 9.01. The molecule has 0 radical (unpaired) electrons. The molecule has 0 aromatic heterocycles. The zero-order chi connectivity index (χ0) is 16.8. The van der Waals surface area contributed by atoms with Gasteiger partial charge < -0.3 is 4.74 Å². The van der Waals surface area contributed by atoms with Gasteiger partial charge in [0.05, 0.1) is 11.5 Å². The van der Waals surface area contributed by atoms with Crippen LogP contribution in [-0.4, -0.2) is 20.9 Å². The van der Waals surface area contributed by atoms with Crippen LogP contribution in [0.25, 0.3) is 0 Å². The Morgan fingerprint density at radius 1 is 1.18 bits per heavy atom. The second kappa shape index (κ2) is 8.17. The summed E-state index contributed by atoms with van der Waals surface area (Å²) >= 11 is 0. The van der Waals surface area contributed by atoms with Gasteiger partial charge in [0.25, 0.3) is 10.0 Å². The number of sulfonamides is 1. The Morgan fingerprint density at radius 2 is 1.77 bits per heavy atom. The van der Waals surface area contributed by atoms with E-state index in [0.29, 0.717) is 18.3 Å². The first-order valence-electron chi connectivity index (χ1n) is 7.53. The molecule has 22 heavy (non-hydrogen) atoms. The molecule has 0 bridgehead atoms. The molecule has 0 saturated heterocycles. The molecule has 1 N–H and O–H groups in total. The van der Waals surface area contributed by atoms with Crippen molar-refractivity contribution in [2.75, 3.05) is 6.61 Å². The van der Waals surface area contributed by atoms with Crippen LogP contribution in [0.3, 0.4) is 0 Å². The largest absolute Gasteiger partial charge is 0.494 e. The lowest BCUT2D eigenvalue weighted by Gasteiger charge is -2.14. The first kappa shape index (κ1) is 18.5. The average Bonchev–Trinajstić information content (AvgIpc) is 2.37. The second-order valence-electron chi connectivity index (χ2n) is 5.87. The van der Waals surface area contributed by atoms with E-state index in [0.717, 1.165) is 6.42 Å². The van der Waals surface area contributed by atoms with Gasteiger partial charge in [0.2, 0.25) is 5.91 Å². The highest BCUT2D eigenvalue weighted by atomic mass is 32.2. The average molecular weight is 327 g/mol. The van der Waals surface area contributed by atoms with E-state index in [2.05, 4.69) is 18.6 Å². The number of hydrogen-bond acceptors (Lipinski definition) is 4. The summed E-state index contributed by atoms with van der Waals surface area (Å²) in [5.74, 6) is 0.751. The van der Waals surface area contributed by atoms with Crippen LogP contribution in [0.2, 0.25) is 0 Å². The van der Waals surface area contributed by atoms with Gasteiger partial charge in [0, 0.05) is 6.42 Å². The predicted octanol–water partition coefficient (Wildman–Crippen LogP) is 2.96. The van der Waals surface area contributed by atoms with Crippen molar-refractivity contribution in [3.05, 3.63) is 24.3 Å². The summed E-state index contributed by atoms with van der Waals surface area (Å²) in [7, 11) is -3.82. The number of benzene rings is 1. The van der Waals surface area contributed by atoms with Crippen molar-refractivity contribution in [2.24, 2.45) is 11.8 Å². The van der Waals surface area contributed by atoms with Crippen molar-refractivity contribution in [1.29, 1.82) is 0 Å². The Hall–Kier alpha value is -1.56. The van der Waals surface area contributed by atoms with E-state index < -0.39 is 15.9 Å². The fourth-order valence-corrected chi connectivity index (χ4v) is 3.33. The molecule has 124 valence electrons. The van der Waals surface area contributed by atoms with Crippen LogP contribution < -0.4 is 9.46 Å². The van der Waals surface area contributed by atoms with Crippen LogP contribution in [0, 0.1) is 11.8 Å². The van der Waals surface area contributed by atoms with Gasteiger partial charge in [-0.1, -0.05) is 20.8 Å². The summed E-state index contributed by atoms with van der Waals surface area (Å²) < 4.78 is 31.7. The molecule has 5 nitrogen and oxygen atoms in total. The Kier molecular flexibility index (Phi) is 6.87. The lowest BCUT2D eigenvalue weighted by Crippen LogP contribution is -2.31. The maximum absolute atomic E-state index is 12.1. The third kappa shape index (κ3) is 6.05. The molecule has 1 aromatic rings. The standard InChI is InChI=1S/C16H25NO4S/c1-5-21-14-6-8-15(9-7-14)22(19,20)17-16(18)11-13(4)10-12(2)3/h6-9,12-13H,5,10-11H2,1-4H3,(H,17,18)/t13-/m0/s1. The fraction of sp³-hybridized carbons (Fsp3) is 0.562. The van der Waals surface area contributed by atoms with E-state index in [4.69, 9.17) is 4.74 Å². The zero-order valence-electron chi connectivity index (χ0n) is 13.6. The molecule has 0 aliphatic heterocycles. The van der Waals surface area contributed by atoms with Crippen molar-refractivity contribution < 1.29 is 17.9 Å². The number of rotatable bonds is 8. The van der Waals surface area contributed by atoms with Crippen molar-refractivity contribution in [2.45, 2.75) is 45.4 Å². The number of carbonyl (C=O) groups excluding carboxylic acids is 1. The highest BCUT2D eigenvalue weighted by Crippen LogP contribution is 2.17. The number of ether oxygens (including phenoxy) is 1. The van der Waals surface area contributed by atoms with Gasteiger partial charge in [-0.25, -0.2) is 13.1 Å². The SMILES string of the molecule is CCOc1ccc(S(=O)(=O)NC(=O)C[C@@H](C)CC(C)C)cc1. The molecule has 1 rings (SSSR count). The number of nitrogens with one attached hydrogen (secondary N) is 1. The van der Waals surface area contributed by atoms with Crippen LogP contribution in [-0.2, 0) is 14.8 Å². The van der Waals surface area contributed by atoms with Crippen molar-refractivity contribution in [3.63, 3.8) is 0 Å². The maximum atomic E-state index is 12.1. The topological polar surface area (TPSA) is 72.5 Å². The lowest BCUT2D eigenvalue weighted by atomic mass is 9.96. The third-order valence-corrected chi connectivity index (χ3v) is 4.49. The summed E-state index contributed by atoms with van der Waals surface area (Å²) in [6.07, 6.45) is 1.09.